The van der Waals surface area contributed by atoms with Crippen LogP contribution in [0, 0.1) is 5.82 Å². The zero-order valence-corrected chi connectivity index (χ0v) is 14.7. The first-order valence-corrected chi connectivity index (χ1v) is 8.62. The van der Waals surface area contributed by atoms with E-state index in [0.29, 0.717) is 30.5 Å². The predicted molar refractivity (Wildman–Crippen MR) is 93.6 cm³/mol. The lowest BCUT2D eigenvalue weighted by molar-refractivity contribution is -0.120. The van der Waals surface area contributed by atoms with Gasteiger partial charge in [0.25, 0.3) is 0 Å². The highest BCUT2D eigenvalue weighted by atomic mass is 32.1. The third kappa shape index (κ3) is 6.35. The van der Waals surface area contributed by atoms with Crippen molar-refractivity contribution in [1.29, 1.82) is 0 Å². The molecule has 0 fully saturated rings. The largest absolute Gasteiger partial charge is 0.378 e. The van der Waals surface area contributed by atoms with Gasteiger partial charge in [-0.05, 0) is 26.2 Å². The van der Waals surface area contributed by atoms with Gasteiger partial charge in [0.05, 0.1) is 25.3 Å². The van der Waals surface area contributed by atoms with Crippen molar-refractivity contribution in [3.05, 3.63) is 41.2 Å². The van der Waals surface area contributed by atoms with Crippen molar-refractivity contribution in [3.63, 3.8) is 0 Å². The molecule has 7 heteroatoms. The molecule has 1 aromatic heterocycles. The SMILES string of the molecule is CN(C)CCOCCNC(=O)Cc1csc(-c2cccc(F)c2)n1. The summed E-state index contributed by atoms with van der Waals surface area (Å²) in [4.78, 5) is 18.3. The molecule has 5 nitrogen and oxygen atoms in total. The fraction of sp³-hybridized carbons (Fsp3) is 0.412. The van der Waals surface area contributed by atoms with Gasteiger partial charge in [0, 0.05) is 24.0 Å². The molecule has 1 heterocycles. The van der Waals surface area contributed by atoms with Gasteiger partial charge in [-0.15, -0.1) is 11.3 Å². The van der Waals surface area contributed by atoms with E-state index in [1.807, 2.05) is 24.4 Å². The molecule has 0 unspecified atom stereocenters. The maximum atomic E-state index is 13.2. The Morgan fingerprint density at radius 2 is 2.21 bits per heavy atom. The van der Waals surface area contributed by atoms with Crippen molar-refractivity contribution in [2.24, 2.45) is 0 Å². The maximum absolute atomic E-state index is 13.2. The maximum Gasteiger partial charge on any atom is 0.226 e. The van der Waals surface area contributed by atoms with Gasteiger partial charge >= 0.3 is 0 Å². The Morgan fingerprint density at radius 3 is 2.96 bits per heavy atom. The minimum atomic E-state index is -0.295. The van der Waals surface area contributed by atoms with Crippen LogP contribution in [0.4, 0.5) is 4.39 Å². The zero-order valence-electron chi connectivity index (χ0n) is 13.9. The van der Waals surface area contributed by atoms with Crippen molar-refractivity contribution in [2.45, 2.75) is 6.42 Å². The van der Waals surface area contributed by atoms with E-state index in [1.54, 1.807) is 12.1 Å². The molecule has 1 amide bonds. The number of thiazole rings is 1. The molecule has 1 aromatic carbocycles. The van der Waals surface area contributed by atoms with E-state index in [0.717, 1.165) is 12.1 Å². The van der Waals surface area contributed by atoms with Gasteiger partial charge in [-0.2, -0.15) is 0 Å². The molecule has 2 rings (SSSR count). The summed E-state index contributed by atoms with van der Waals surface area (Å²) < 4.78 is 18.7. The summed E-state index contributed by atoms with van der Waals surface area (Å²) in [6.07, 6.45) is 0.212. The fourth-order valence-corrected chi connectivity index (χ4v) is 2.80. The molecule has 24 heavy (non-hydrogen) atoms. The zero-order chi connectivity index (χ0) is 17.4. The van der Waals surface area contributed by atoms with Crippen LogP contribution in [0.5, 0.6) is 0 Å². The number of amides is 1. The number of carbonyl (C=O) groups excluding carboxylic acids is 1. The molecule has 1 N–H and O–H groups in total. The van der Waals surface area contributed by atoms with E-state index in [1.165, 1.54) is 23.5 Å². The van der Waals surface area contributed by atoms with Crippen molar-refractivity contribution >= 4 is 17.2 Å². The Balaban J connectivity index is 1.73. The molecule has 130 valence electrons. The number of carbonyl (C=O) groups is 1. The number of ether oxygens (including phenoxy) is 1. The van der Waals surface area contributed by atoms with Gasteiger partial charge in [-0.3, -0.25) is 4.79 Å². The minimum Gasteiger partial charge on any atom is -0.378 e. The second-order valence-electron chi connectivity index (χ2n) is 5.60. The molecule has 0 aliphatic carbocycles. The van der Waals surface area contributed by atoms with E-state index in [-0.39, 0.29) is 18.1 Å². The molecular weight excluding hydrogens is 329 g/mol. The quantitative estimate of drug-likeness (QED) is 0.704. The fourth-order valence-electron chi connectivity index (χ4n) is 1.98. The number of halogens is 1. The first-order valence-electron chi connectivity index (χ1n) is 7.74. The molecule has 2 aromatic rings. The number of hydrogen-bond acceptors (Lipinski definition) is 5. The van der Waals surface area contributed by atoms with Gasteiger partial charge in [0.15, 0.2) is 0 Å². The summed E-state index contributed by atoms with van der Waals surface area (Å²) in [5.41, 5.74) is 1.41. The number of nitrogens with zero attached hydrogens (tertiary/aromatic N) is 2. The monoisotopic (exact) mass is 351 g/mol. The molecule has 0 aliphatic rings. The Labute approximate surface area is 145 Å². The highest BCUT2D eigenvalue weighted by Gasteiger charge is 2.09. The summed E-state index contributed by atoms with van der Waals surface area (Å²) in [6, 6.07) is 6.28. The van der Waals surface area contributed by atoms with E-state index in [9.17, 15) is 9.18 Å². The second kappa shape index (κ2) is 9.46. The lowest BCUT2D eigenvalue weighted by Crippen LogP contribution is -2.29. The minimum absolute atomic E-state index is 0.0951. The summed E-state index contributed by atoms with van der Waals surface area (Å²) in [5.74, 6) is -0.390. The first kappa shape index (κ1) is 18.5. The number of rotatable bonds is 9. The Bertz CT molecular complexity index is 661. The summed E-state index contributed by atoms with van der Waals surface area (Å²) in [5, 5.41) is 5.34. The molecule has 0 aliphatic heterocycles. The van der Waals surface area contributed by atoms with Gasteiger partial charge in [0.1, 0.15) is 10.8 Å². The number of nitrogens with one attached hydrogen (secondary N) is 1. The van der Waals surface area contributed by atoms with Crippen molar-refractivity contribution in [1.82, 2.24) is 15.2 Å². The van der Waals surface area contributed by atoms with Crippen LogP contribution in [0.2, 0.25) is 0 Å². The van der Waals surface area contributed by atoms with Crippen molar-refractivity contribution < 1.29 is 13.9 Å². The van der Waals surface area contributed by atoms with E-state index in [4.69, 9.17) is 4.74 Å². The Hall–Kier alpha value is -1.83. The Kier molecular flexibility index (Phi) is 7.30. The molecule has 0 bridgehead atoms. The van der Waals surface area contributed by atoms with Crippen LogP contribution in [0.15, 0.2) is 29.6 Å². The van der Waals surface area contributed by atoms with Crippen LogP contribution in [-0.2, 0) is 16.0 Å². The number of aromatic nitrogens is 1. The van der Waals surface area contributed by atoms with Gasteiger partial charge in [0.2, 0.25) is 5.91 Å². The topological polar surface area (TPSA) is 54.5 Å². The normalized spacial score (nSPS) is 11.0. The summed E-state index contributed by atoms with van der Waals surface area (Å²) in [6.45, 7) is 2.47. The van der Waals surface area contributed by atoms with Gasteiger partial charge < -0.3 is 15.0 Å². The van der Waals surface area contributed by atoms with Gasteiger partial charge in [-0.1, -0.05) is 12.1 Å². The predicted octanol–water partition coefficient (Wildman–Crippen LogP) is 2.19. The highest BCUT2D eigenvalue weighted by Crippen LogP contribution is 2.24. The third-order valence-electron chi connectivity index (χ3n) is 3.22. The number of hydrogen-bond donors (Lipinski definition) is 1. The van der Waals surface area contributed by atoms with Gasteiger partial charge in [-0.25, -0.2) is 9.37 Å². The van der Waals surface area contributed by atoms with Crippen LogP contribution >= 0.6 is 11.3 Å². The van der Waals surface area contributed by atoms with Crippen LogP contribution in [0.25, 0.3) is 10.6 Å². The standard InChI is InChI=1S/C17H22FN3O2S/c1-21(2)7-9-23-8-6-19-16(22)11-15-12-24-17(20-15)13-4-3-5-14(18)10-13/h3-5,10,12H,6-9,11H2,1-2H3,(H,19,22). The average molecular weight is 351 g/mol. The third-order valence-corrected chi connectivity index (χ3v) is 4.16. The van der Waals surface area contributed by atoms with Crippen LogP contribution in [0.1, 0.15) is 5.69 Å². The average Bonchev–Trinajstić information content (AvgIpc) is 2.99. The second-order valence-corrected chi connectivity index (χ2v) is 6.45. The van der Waals surface area contributed by atoms with Crippen molar-refractivity contribution in [3.8, 4) is 10.6 Å². The van der Waals surface area contributed by atoms with Crippen molar-refractivity contribution in [2.75, 3.05) is 40.4 Å². The molecule has 0 atom stereocenters. The highest BCUT2D eigenvalue weighted by molar-refractivity contribution is 7.13. The van der Waals surface area contributed by atoms with Crippen LogP contribution in [0.3, 0.4) is 0 Å². The van der Waals surface area contributed by atoms with E-state index < -0.39 is 0 Å². The van der Waals surface area contributed by atoms with E-state index >= 15 is 0 Å². The molecule has 0 saturated carbocycles. The molecule has 0 radical (unpaired) electrons. The number of benzene rings is 1. The smallest absolute Gasteiger partial charge is 0.226 e. The summed E-state index contributed by atoms with van der Waals surface area (Å²) >= 11 is 1.40. The first-order chi connectivity index (χ1) is 11.5. The van der Waals surface area contributed by atoms with E-state index in [2.05, 4.69) is 10.3 Å². The molecule has 0 spiro atoms. The van der Waals surface area contributed by atoms with Crippen LogP contribution < -0.4 is 5.32 Å². The summed E-state index contributed by atoms with van der Waals surface area (Å²) in [7, 11) is 3.97. The lowest BCUT2D eigenvalue weighted by Gasteiger charge is -2.10. The molecular formula is C17H22FN3O2S. The molecule has 0 saturated heterocycles. The van der Waals surface area contributed by atoms with Crippen LogP contribution in [-0.4, -0.2) is 56.2 Å². The lowest BCUT2D eigenvalue weighted by atomic mass is 10.2. The number of likely N-dealkylation sites (N-methyl/N-ethyl adjacent to an activating group) is 1. The Morgan fingerprint density at radius 1 is 1.38 bits per heavy atom.